The Bertz CT molecular complexity index is 1190. The lowest BCUT2D eigenvalue weighted by Crippen LogP contribution is -2.20. The summed E-state index contributed by atoms with van der Waals surface area (Å²) in [5, 5.41) is 14.4. The van der Waals surface area contributed by atoms with Crippen LogP contribution in [0, 0.1) is 20.8 Å². The van der Waals surface area contributed by atoms with Crippen molar-refractivity contribution >= 4 is 39.5 Å². The summed E-state index contributed by atoms with van der Waals surface area (Å²) >= 11 is 5.52. The number of nitrogens with zero attached hydrogens (tertiary/aromatic N) is 2. The predicted molar refractivity (Wildman–Crippen MR) is 126 cm³/mol. The molecule has 0 unspecified atom stereocenters. The first-order chi connectivity index (χ1) is 14.0. The number of benzene rings is 3. The van der Waals surface area contributed by atoms with Crippen LogP contribution in [-0.2, 0) is 6.54 Å². The van der Waals surface area contributed by atoms with E-state index in [2.05, 4.69) is 79.1 Å². The number of nitrogens with one attached hydrogen (secondary N) is 2. The molecule has 0 aliphatic carbocycles. The van der Waals surface area contributed by atoms with E-state index in [1.807, 2.05) is 23.7 Å². The highest BCUT2D eigenvalue weighted by atomic mass is 32.1. The molecule has 4 aromatic rings. The Hall–Kier alpha value is -3.18. The van der Waals surface area contributed by atoms with E-state index >= 15 is 0 Å². The van der Waals surface area contributed by atoms with Crippen LogP contribution in [0.3, 0.4) is 0 Å². The molecule has 0 amide bonds. The lowest BCUT2D eigenvalue weighted by Gasteiger charge is -2.12. The summed E-state index contributed by atoms with van der Waals surface area (Å²) in [5.74, 6) is 0. The Morgan fingerprint density at radius 2 is 1.69 bits per heavy atom. The number of anilines is 2. The average Bonchev–Trinajstić information content (AvgIpc) is 2.96. The third-order valence-electron chi connectivity index (χ3n) is 5.10. The van der Waals surface area contributed by atoms with E-state index < -0.39 is 0 Å². The molecule has 4 nitrogen and oxygen atoms in total. The first-order valence-electron chi connectivity index (χ1n) is 9.66. The molecular weight excluding hydrogens is 376 g/mol. The number of thiocarbonyl (C=S) groups is 1. The van der Waals surface area contributed by atoms with Crippen molar-refractivity contribution in [1.82, 2.24) is 9.78 Å². The summed E-state index contributed by atoms with van der Waals surface area (Å²) < 4.78 is 2.04. The molecule has 0 aliphatic rings. The van der Waals surface area contributed by atoms with Gasteiger partial charge in [-0.25, -0.2) is 0 Å². The monoisotopic (exact) mass is 400 g/mol. The zero-order valence-electron chi connectivity index (χ0n) is 16.9. The van der Waals surface area contributed by atoms with Crippen LogP contribution in [0.4, 0.5) is 11.4 Å². The van der Waals surface area contributed by atoms with Gasteiger partial charge >= 0.3 is 0 Å². The van der Waals surface area contributed by atoms with E-state index in [1.54, 1.807) is 0 Å². The number of aromatic nitrogens is 2. The summed E-state index contributed by atoms with van der Waals surface area (Å²) in [6.45, 7) is 6.86. The van der Waals surface area contributed by atoms with Crippen LogP contribution in [0.15, 0.2) is 66.7 Å². The summed E-state index contributed by atoms with van der Waals surface area (Å²) in [5.41, 5.74) is 6.35. The Labute approximate surface area is 176 Å². The quantitative estimate of drug-likeness (QED) is 0.424. The first-order valence-corrected chi connectivity index (χ1v) is 10.1. The molecular formula is C24H24N4S. The van der Waals surface area contributed by atoms with E-state index in [0.29, 0.717) is 11.7 Å². The zero-order chi connectivity index (χ0) is 20.4. The zero-order valence-corrected chi connectivity index (χ0v) is 17.7. The van der Waals surface area contributed by atoms with Gasteiger partial charge in [0.25, 0.3) is 0 Å². The van der Waals surface area contributed by atoms with E-state index in [-0.39, 0.29) is 0 Å². The lowest BCUT2D eigenvalue weighted by molar-refractivity contribution is 0.662. The Kier molecular flexibility index (Phi) is 5.32. The van der Waals surface area contributed by atoms with Crippen molar-refractivity contribution in [3.05, 3.63) is 89.2 Å². The van der Waals surface area contributed by atoms with Gasteiger partial charge in [-0.05, 0) is 67.0 Å². The average molecular weight is 401 g/mol. The number of rotatable bonds is 4. The van der Waals surface area contributed by atoms with Crippen LogP contribution in [0.2, 0.25) is 0 Å². The fourth-order valence-corrected chi connectivity index (χ4v) is 3.84. The normalized spacial score (nSPS) is 10.9. The van der Waals surface area contributed by atoms with Gasteiger partial charge in [-0.2, -0.15) is 5.10 Å². The molecule has 0 fully saturated rings. The maximum absolute atomic E-state index is 5.52. The molecule has 4 rings (SSSR count). The van der Waals surface area contributed by atoms with E-state index in [9.17, 15) is 0 Å². The first kappa shape index (κ1) is 19.2. The van der Waals surface area contributed by atoms with Gasteiger partial charge in [-0.1, -0.05) is 54.6 Å². The molecule has 0 saturated heterocycles. The Balaban J connectivity index is 1.55. The highest BCUT2D eigenvalue weighted by Crippen LogP contribution is 2.24. The van der Waals surface area contributed by atoms with Gasteiger partial charge in [-0.15, -0.1) is 0 Å². The van der Waals surface area contributed by atoms with Crippen LogP contribution >= 0.6 is 12.2 Å². The molecule has 0 aliphatic heterocycles. The second-order valence-electron chi connectivity index (χ2n) is 7.29. The number of aryl methyl sites for hydroxylation is 2. The fourth-order valence-electron chi connectivity index (χ4n) is 3.62. The maximum Gasteiger partial charge on any atom is 0.175 e. The topological polar surface area (TPSA) is 41.9 Å². The molecule has 0 spiro atoms. The molecule has 3 aromatic carbocycles. The van der Waals surface area contributed by atoms with E-state index in [0.717, 1.165) is 22.8 Å². The van der Waals surface area contributed by atoms with Crippen molar-refractivity contribution in [2.24, 2.45) is 0 Å². The van der Waals surface area contributed by atoms with Gasteiger partial charge < -0.3 is 10.6 Å². The molecule has 1 aromatic heterocycles. The van der Waals surface area contributed by atoms with Gasteiger partial charge in [0, 0.05) is 5.69 Å². The van der Waals surface area contributed by atoms with Crippen LogP contribution in [0.5, 0.6) is 0 Å². The van der Waals surface area contributed by atoms with E-state index in [1.165, 1.54) is 21.9 Å². The van der Waals surface area contributed by atoms with Gasteiger partial charge in [0.2, 0.25) is 0 Å². The second-order valence-corrected chi connectivity index (χ2v) is 7.70. The molecule has 0 bridgehead atoms. The summed E-state index contributed by atoms with van der Waals surface area (Å²) in [4.78, 5) is 0. The van der Waals surface area contributed by atoms with Crippen molar-refractivity contribution in [2.75, 3.05) is 10.6 Å². The Morgan fingerprint density at radius 1 is 0.931 bits per heavy atom. The second kappa shape index (κ2) is 8.05. The molecule has 0 saturated carbocycles. The van der Waals surface area contributed by atoms with Crippen molar-refractivity contribution in [3.63, 3.8) is 0 Å². The van der Waals surface area contributed by atoms with Crippen molar-refractivity contribution < 1.29 is 0 Å². The van der Waals surface area contributed by atoms with Gasteiger partial charge in [0.15, 0.2) is 5.11 Å². The SMILES string of the molecule is Cc1cccc(NC(=S)Nc2c(C)nn(Cc3cccc4ccccc34)c2C)c1. The smallest absolute Gasteiger partial charge is 0.175 e. The molecule has 29 heavy (non-hydrogen) atoms. The van der Waals surface area contributed by atoms with Crippen molar-refractivity contribution in [3.8, 4) is 0 Å². The third kappa shape index (κ3) is 4.15. The minimum atomic E-state index is 0.562. The van der Waals surface area contributed by atoms with Crippen LogP contribution in [0.25, 0.3) is 10.8 Å². The largest absolute Gasteiger partial charge is 0.332 e. The summed E-state index contributed by atoms with van der Waals surface area (Å²) in [6.07, 6.45) is 0. The molecule has 146 valence electrons. The summed E-state index contributed by atoms with van der Waals surface area (Å²) in [6, 6.07) is 23.0. The molecule has 5 heteroatoms. The predicted octanol–water partition coefficient (Wildman–Crippen LogP) is 5.82. The molecule has 2 N–H and O–H groups in total. The van der Waals surface area contributed by atoms with Crippen molar-refractivity contribution in [2.45, 2.75) is 27.3 Å². The number of fused-ring (bicyclic) bond motifs is 1. The van der Waals surface area contributed by atoms with Gasteiger partial charge in [0.05, 0.1) is 23.6 Å². The highest BCUT2D eigenvalue weighted by Gasteiger charge is 2.14. The van der Waals surface area contributed by atoms with Crippen LogP contribution < -0.4 is 10.6 Å². The van der Waals surface area contributed by atoms with Crippen molar-refractivity contribution in [1.29, 1.82) is 0 Å². The van der Waals surface area contributed by atoms with Gasteiger partial charge in [-0.3, -0.25) is 4.68 Å². The third-order valence-corrected chi connectivity index (χ3v) is 5.30. The molecule has 1 heterocycles. The Morgan fingerprint density at radius 3 is 2.52 bits per heavy atom. The summed E-state index contributed by atoms with van der Waals surface area (Å²) in [7, 11) is 0. The molecule has 0 atom stereocenters. The minimum Gasteiger partial charge on any atom is -0.332 e. The maximum atomic E-state index is 5.52. The molecule has 0 radical (unpaired) electrons. The van der Waals surface area contributed by atoms with Gasteiger partial charge in [0.1, 0.15) is 0 Å². The fraction of sp³-hybridized carbons (Fsp3) is 0.167. The van der Waals surface area contributed by atoms with Crippen LogP contribution in [0.1, 0.15) is 22.5 Å². The highest BCUT2D eigenvalue weighted by molar-refractivity contribution is 7.80. The number of hydrogen-bond acceptors (Lipinski definition) is 2. The van der Waals surface area contributed by atoms with E-state index in [4.69, 9.17) is 17.3 Å². The number of hydrogen-bond donors (Lipinski definition) is 2. The minimum absolute atomic E-state index is 0.562. The lowest BCUT2D eigenvalue weighted by atomic mass is 10.0. The standard InChI is InChI=1S/C24H24N4S/c1-16-8-6-12-21(14-16)25-24(29)26-23-17(2)27-28(18(23)3)15-20-11-7-10-19-9-4-5-13-22(19)20/h4-14H,15H2,1-3H3,(H2,25,26,29). The van der Waals surface area contributed by atoms with Crippen LogP contribution in [-0.4, -0.2) is 14.9 Å².